The van der Waals surface area contributed by atoms with Crippen LogP contribution in [0.25, 0.3) is 0 Å². The highest BCUT2D eigenvalue weighted by Gasteiger charge is 2.15. The lowest BCUT2D eigenvalue weighted by Crippen LogP contribution is -2.37. The second-order valence-electron chi connectivity index (χ2n) is 5.96. The molecular weight excluding hydrogens is 355 g/mol. The number of amides is 1. The van der Waals surface area contributed by atoms with Crippen LogP contribution < -0.4 is 4.72 Å². The van der Waals surface area contributed by atoms with Crippen molar-refractivity contribution in [3.8, 4) is 0 Å². The molecule has 0 aromatic heterocycles. The smallest absolute Gasteiger partial charge is 0.240 e. The van der Waals surface area contributed by atoms with Gasteiger partial charge in [-0.3, -0.25) is 4.79 Å². The lowest BCUT2D eigenvalue weighted by Gasteiger charge is -2.21. The summed E-state index contributed by atoms with van der Waals surface area (Å²) in [6.07, 6.45) is 0.838. The Morgan fingerprint density at radius 3 is 2.15 bits per heavy atom. The molecule has 7 heteroatoms. The quantitative estimate of drug-likeness (QED) is 0.768. The van der Waals surface area contributed by atoms with Gasteiger partial charge in [-0.25, -0.2) is 17.5 Å². The highest BCUT2D eigenvalue weighted by Crippen LogP contribution is 2.11. The summed E-state index contributed by atoms with van der Waals surface area (Å²) >= 11 is 0. The van der Waals surface area contributed by atoms with Gasteiger partial charge in [0.05, 0.1) is 4.90 Å². The monoisotopic (exact) mass is 378 g/mol. The Labute approximate surface area is 153 Å². The Balaban J connectivity index is 1.95. The van der Waals surface area contributed by atoms with Crippen molar-refractivity contribution < 1.29 is 17.6 Å². The summed E-state index contributed by atoms with van der Waals surface area (Å²) in [5.74, 6) is -0.522. The zero-order valence-corrected chi connectivity index (χ0v) is 15.7. The molecule has 0 bridgehead atoms. The second kappa shape index (κ2) is 8.91. The molecule has 0 aliphatic carbocycles. The molecule has 5 nitrogen and oxygen atoms in total. The van der Waals surface area contributed by atoms with Crippen molar-refractivity contribution in [1.82, 2.24) is 9.62 Å². The van der Waals surface area contributed by atoms with Crippen LogP contribution in [0.1, 0.15) is 25.0 Å². The maximum Gasteiger partial charge on any atom is 0.240 e. The number of sulfonamides is 1. The van der Waals surface area contributed by atoms with E-state index in [1.807, 2.05) is 6.92 Å². The van der Waals surface area contributed by atoms with Crippen LogP contribution in [0.3, 0.4) is 0 Å². The second-order valence-corrected chi connectivity index (χ2v) is 7.73. The molecule has 0 saturated carbocycles. The maximum atomic E-state index is 13.0. The summed E-state index contributed by atoms with van der Waals surface area (Å²) in [6, 6.07) is 12.6. The molecular formula is C19H23FN2O3S. The number of carbonyl (C=O) groups excluding carboxylic acids is 1. The Morgan fingerprint density at radius 1 is 1.04 bits per heavy atom. The minimum Gasteiger partial charge on any atom is -0.337 e. The van der Waals surface area contributed by atoms with Crippen LogP contribution in [-0.4, -0.2) is 32.3 Å². The lowest BCUT2D eigenvalue weighted by molar-refractivity contribution is -0.129. The van der Waals surface area contributed by atoms with Gasteiger partial charge in [0.2, 0.25) is 15.9 Å². The van der Waals surface area contributed by atoms with Crippen LogP contribution in [-0.2, 0) is 27.8 Å². The first kappa shape index (κ1) is 20.1. The topological polar surface area (TPSA) is 66.5 Å². The van der Waals surface area contributed by atoms with E-state index in [9.17, 15) is 17.6 Å². The fourth-order valence-electron chi connectivity index (χ4n) is 2.46. The van der Waals surface area contributed by atoms with Crippen LogP contribution in [0, 0.1) is 5.82 Å². The molecule has 0 aliphatic heterocycles. The molecule has 1 amide bonds. The summed E-state index contributed by atoms with van der Waals surface area (Å²) in [7, 11) is -3.62. The fraction of sp³-hybridized carbons (Fsp3) is 0.316. The van der Waals surface area contributed by atoms with E-state index < -0.39 is 10.0 Å². The molecule has 0 heterocycles. The van der Waals surface area contributed by atoms with Crippen molar-refractivity contribution in [3.63, 3.8) is 0 Å². The van der Waals surface area contributed by atoms with Crippen molar-refractivity contribution in [2.45, 2.75) is 31.7 Å². The molecule has 0 atom stereocenters. The van der Waals surface area contributed by atoms with E-state index in [1.165, 1.54) is 24.0 Å². The van der Waals surface area contributed by atoms with E-state index in [-0.39, 0.29) is 29.7 Å². The molecule has 0 saturated heterocycles. The first-order valence-corrected chi connectivity index (χ1v) is 9.88. The SMILES string of the molecule is CCc1ccc(S(=O)(=O)NCCN(Cc2ccc(F)cc2)C(C)=O)cc1. The van der Waals surface area contributed by atoms with Gasteiger partial charge in [0, 0.05) is 26.6 Å². The average Bonchev–Trinajstić information content (AvgIpc) is 2.62. The van der Waals surface area contributed by atoms with E-state index in [0.717, 1.165) is 17.5 Å². The predicted molar refractivity (Wildman–Crippen MR) is 98.5 cm³/mol. The highest BCUT2D eigenvalue weighted by atomic mass is 32.2. The van der Waals surface area contributed by atoms with E-state index in [2.05, 4.69) is 4.72 Å². The standard InChI is InChI=1S/C19H23FN2O3S/c1-3-16-6-10-19(11-7-16)26(24,25)21-12-13-22(15(2)23)14-17-4-8-18(20)9-5-17/h4-11,21H,3,12-14H2,1-2H3. The van der Waals surface area contributed by atoms with Crippen molar-refractivity contribution in [1.29, 1.82) is 0 Å². The molecule has 0 radical (unpaired) electrons. The Hall–Kier alpha value is -2.25. The largest absolute Gasteiger partial charge is 0.337 e. The summed E-state index contributed by atoms with van der Waals surface area (Å²) in [4.78, 5) is 13.5. The minimum atomic E-state index is -3.62. The molecule has 2 rings (SSSR count). The zero-order chi connectivity index (χ0) is 19.2. The number of benzene rings is 2. The highest BCUT2D eigenvalue weighted by molar-refractivity contribution is 7.89. The molecule has 26 heavy (non-hydrogen) atoms. The van der Waals surface area contributed by atoms with E-state index in [4.69, 9.17) is 0 Å². The van der Waals surface area contributed by atoms with Crippen LogP contribution >= 0.6 is 0 Å². The van der Waals surface area contributed by atoms with E-state index >= 15 is 0 Å². The normalized spacial score (nSPS) is 11.3. The number of nitrogens with one attached hydrogen (secondary N) is 1. The van der Waals surface area contributed by atoms with Crippen LogP contribution in [0.2, 0.25) is 0 Å². The number of halogens is 1. The van der Waals surface area contributed by atoms with Gasteiger partial charge < -0.3 is 4.90 Å². The number of nitrogens with zero attached hydrogens (tertiary/aromatic N) is 1. The molecule has 0 aliphatic rings. The van der Waals surface area contributed by atoms with Gasteiger partial charge in [-0.2, -0.15) is 0 Å². The van der Waals surface area contributed by atoms with Gasteiger partial charge in [0.15, 0.2) is 0 Å². The number of aryl methyl sites for hydroxylation is 1. The molecule has 0 unspecified atom stereocenters. The number of rotatable bonds is 8. The van der Waals surface area contributed by atoms with E-state index in [0.29, 0.717) is 6.54 Å². The number of hydrogen-bond donors (Lipinski definition) is 1. The van der Waals surface area contributed by atoms with Gasteiger partial charge in [-0.1, -0.05) is 31.2 Å². The first-order valence-electron chi connectivity index (χ1n) is 8.40. The summed E-state index contributed by atoms with van der Waals surface area (Å²) < 4.78 is 40.1. The summed E-state index contributed by atoms with van der Waals surface area (Å²) in [5, 5.41) is 0. The maximum absolute atomic E-state index is 13.0. The third kappa shape index (κ3) is 5.64. The zero-order valence-electron chi connectivity index (χ0n) is 14.9. The predicted octanol–water partition coefficient (Wildman–Crippen LogP) is 2.72. The molecule has 0 fully saturated rings. The number of hydrogen-bond acceptors (Lipinski definition) is 3. The number of carbonyl (C=O) groups is 1. The third-order valence-corrected chi connectivity index (χ3v) is 5.52. The van der Waals surface area contributed by atoms with Gasteiger partial charge >= 0.3 is 0 Å². The molecule has 2 aromatic rings. The summed E-state index contributed by atoms with van der Waals surface area (Å²) in [5.41, 5.74) is 1.84. The molecule has 1 N–H and O–H groups in total. The minimum absolute atomic E-state index is 0.0959. The van der Waals surface area contributed by atoms with Crippen LogP contribution in [0.15, 0.2) is 53.4 Å². The van der Waals surface area contributed by atoms with Crippen LogP contribution in [0.4, 0.5) is 4.39 Å². The third-order valence-electron chi connectivity index (χ3n) is 4.05. The lowest BCUT2D eigenvalue weighted by atomic mass is 10.2. The first-order chi connectivity index (χ1) is 12.3. The summed E-state index contributed by atoms with van der Waals surface area (Å²) in [6.45, 7) is 4.03. The van der Waals surface area contributed by atoms with Crippen molar-refractivity contribution in [2.75, 3.05) is 13.1 Å². The molecule has 0 spiro atoms. The van der Waals surface area contributed by atoms with Crippen molar-refractivity contribution in [2.24, 2.45) is 0 Å². The van der Waals surface area contributed by atoms with E-state index in [1.54, 1.807) is 36.4 Å². The fourth-order valence-corrected chi connectivity index (χ4v) is 3.48. The molecule has 140 valence electrons. The average molecular weight is 378 g/mol. The van der Waals surface area contributed by atoms with Gasteiger partial charge in [-0.05, 0) is 41.8 Å². The Morgan fingerprint density at radius 2 is 1.62 bits per heavy atom. The van der Waals surface area contributed by atoms with Gasteiger partial charge in [0.1, 0.15) is 5.82 Å². The Kier molecular flexibility index (Phi) is 6.88. The molecule has 2 aromatic carbocycles. The Bertz CT molecular complexity index is 834. The van der Waals surface area contributed by atoms with Crippen LogP contribution in [0.5, 0.6) is 0 Å². The van der Waals surface area contributed by atoms with Gasteiger partial charge in [-0.15, -0.1) is 0 Å². The van der Waals surface area contributed by atoms with Gasteiger partial charge in [0.25, 0.3) is 0 Å². The van der Waals surface area contributed by atoms with Crippen molar-refractivity contribution in [3.05, 3.63) is 65.5 Å². The van der Waals surface area contributed by atoms with Crippen molar-refractivity contribution >= 4 is 15.9 Å².